The minimum atomic E-state index is -0.942. The van der Waals surface area contributed by atoms with Gasteiger partial charge in [-0.2, -0.15) is 0 Å². The summed E-state index contributed by atoms with van der Waals surface area (Å²) in [5, 5.41) is 60.1. The fraction of sp³-hybridized carbons (Fsp3) is 0.0526. The molecule has 6 N–H and O–H groups in total. The van der Waals surface area contributed by atoms with Crippen LogP contribution in [0, 0.1) is 0 Å². The molecule has 0 aliphatic rings. The maximum Gasteiger partial charge on any atom is 0.127 e. The van der Waals surface area contributed by atoms with Crippen LogP contribution in [0.5, 0.6) is 34.5 Å². The van der Waals surface area contributed by atoms with Gasteiger partial charge >= 0.3 is 0 Å². The second-order valence-corrected chi connectivity index (χ2v) is 5.64. The Balaban J connectivity index is 2.34. The number of hydrogen-bond donors (Lipinski definition) is 6. The molecule has 0 aliphatic heterocycles. The van der Waals surface area contributed by atoms with Crippen molar-refractivity contribution in [2.45, 2.75) is 5.92 Å². The van der Waals surface area contributed by atoms with Gasteiger partial charge in [0, 0.05) is 41.3 Å². The molecule has 3 aromatic rings. The minimum Gasteiger partial charge on any atom is -0.508 e. The Labute approximate surface area is 143 Å². The molecule has 0 fully saturated rings. The summed E-state index contributed by atoms with van der Waals surface area (Å²) in [5.41, 5.74) is 0.565. The monoisotopic (exact) mass is 340 g/mol. The van der Waals surface area contributed by atoms with E-state index < -0.39 is 28.9 Å². The van der Waals surface area contributed by atoms with Crippen molar-refractivity contribution in [3.05, 3.63) is 71.3 Å². The van der Waals surface area contributed by atoms with E-state index in [9.17, 15) is 30.6 Å². The van der Waals surface area contributed by atoms with Crippen LogP contribution in [-0.2, 0) is 0 Å². The van der Waals surface area contributed by atoms with Crippen molar-refractivity contribution in [3.63, 3.8) is 0 Å². The summed E-state index contributed by atoms with van der Waals surface area (Å²) in [6, 6.07) is 12.8. The average Bonchev–Trinajstić information content (AvgIpc) is 2.52. The lowest BCUT2D eigenvalue weighted by Gasteiger charge is -2.23. The lowest BCUT2D eigenvalue weighted by atomic mass is 9.83. The molecule has 0 saturated carbocycles. The highest BCUT2D eigenvalue weighted by Crippen LogP contribution is 2.49. The van der Waals surface area contributed by atoms with Crippen LogP contribution >= 0.6 is 0 Å². The van der Waals surface area contributed by atoms with Gasteiger partial charge in [-0.15, -0.1) is 0 Å². The van der Waals surface area contributed by atoms with Crippen LogP contribution in [0.3, 0.4) is 0 Å². The minimum absolute atomic E-state index is 0.000268. The second-order valence-electron chi connectivity index (χ2n) is 5.64. The Hall–Kier alpha value is -3.54. The van der Waals surface area contributed by atoms with Crippen molar-refractivity contribution in [2.75, 3.05) is 0 Å². The van der Waals surface area contributed by atoms with Gasteiger partial charge in [-0.3, -0.25) is 0 Å². The number of benzene rings is 3. The number of phenolic OH excluding ortho intramolecular Hbond substituents is 6. The summed E-state index contributed by atoms with van der Waals surface area (Å²) < 4.78 is 0. The second kappa shape index (κ2) is 6.16. The highest BCUT2D eigenvalue weighted by molar-refractivity contribution is 5.63. The molecule has 0 saturated heterocycles. The molecule has 25 heavy (non-hydrogen) atoms. The zero-order chi connectivity index (χ0) is 18.1. The predicted octanol–water partition coefficient (Wildman–Crippen LogP) is 3.10. The summed E-state index contributed by atoms with van der Waals surface area (Å²) in [7, 11) is 0. The zero-order valence-electron chi connectivity index (χ0n) is 13.0. The smallest absolute Gasteiger partial charge is 0.127 e. The third-order valence-electron chi connectivity index (χ3n) is 3.95. The molecule has 0 heterocycles. The van der Waals surface area contributed by atoms with Gasteiger partial charge in [-0.1, -0.05) is 30.3 Å². The first-order valence-electron chi connectivity index (χ1n) is 7.43. The molecule has 0 radical (unpaired) electrons. The Morgan fingerprint density at radius 1 is 0.520 bits per heavy atom. The highest BCUT2D eigenvalue weighted by Gasteiger charge is 2.29. The summed E-state index contributed by atoms with van der Waals surface area (Å²) in [6.07, 6.45) is 0. The van der Waals surface area contributed by atoms with E-state index in [0.29, 0.717) is 5.56 Å². The molecule has 128 valence electrons. The third-order valence-corrected chi connectivity index (χ3v) is 3.95. The van der Waals surface area contributed by atoms with Crippen LogP contribution in [0.25, 0.3) is 0 Å². The van der Waals surface area contributed by atoms with Gasteiger partial charge in [0.1, 0.15) is 34.5 Å². The zero-order valence-corrected chi connectivity index (χ0v) is 13.0. The van der Waals surface area contributed by atoms with E-state index in [1.807, 2.05) is 0 Å². The first kappa shape index (κ1) is 16.3. The summed E-state index contributed by atoms with van der Waals surface area (Å²) in [6.45, 7) is 0. The average molecular weight is 340 g/mol. The van der Waals surface area contributed by atoms with E-state index in [1.165, 1.54) is 0 Å². The fourth-order valence-electron chi connectivity index (χ4n) is 2.93. The van der Waals surface area contributed by atoms with Crippen molar-refractivity contribution in [1.82, 2.24) is 0 Å². The van der Waals surface area contributed by atoms with E-state index in [1.54, 1.807) is 30.3 Å². The quantitative estimate of drug-likeness (QED) is 0.408. The summed E-state index contributed by atoms with van der Waals surface area (Å²) in [4.78, 5) is 0. The van der Waals surface area contributed by atoms with Crippen LogP contribution in [-0.4, -0.2) is 30.6 Å². The molecule has 0 spiro atoms. The van der Waals surface area contributed by atoms with Crippen LogP contribution in [0.15, 0.2) is 54.6 Å². The first-order valence-corrected chi connectivity index (χ1v) is 7.43. The molecule has 6 heteroatoms. The summed E-state index contributed by atoms with van der Waals surface area (Å²) >= 11 is 0. The van der Waals surface area contributed by atoms with Gasteiger partial charge in [-0.25, -0.2) is 0 Å². The highest BCUT2D eigenvalue weighted by atomic mass is 16.3. The maximum absolute atomic E-state index is 10.3. The van der Waals surface area contributed by atoms with Gasteiger partial charge in [0.2, 0.25) is 0 Å². The fourth-order valence-corrected chi connectivity index (χ4v) is 2.93. The number of hydrogen-bond acceptors (Lipinski definition) is 6. The van der Waals surface area contributed by atoms with E-state index in [2.05, 4.69) is 0 Å². The van der Waals surface area contributed by atoms with Gasteiger partial charge in [0.05, 0.1) is 0 Å². The Morgan fingerprint density at radius 3 is 1.24 bits per heavy atom. The molecule has 3 rings (SSSR count). The van der Waals surface area contributed by atoms with Crippen LogP contribution in [0.2, 0.25) is 0 Å². The Bertz CT molecular complexity index is 817. The number of phenols is 6. The molecular weight excluding hydrogens is 324 g/mol. The maximum atomic E-state index is 10.3. The standard InChI is InChI=1S/C19H16O6/c20-11-6-13(22)18(14(23)7-11)17(10-4-2-1-3-5-10)19-15(24)8-12(21)9-16(19)25/h1-9,17,20-25H. The molecule has 0 amide bonds. The first-order chi connectivity index (χ1) is 11.9. The molecular formula is C19H16O6. The third kappa shape index (κ3) is 2.97. The van der Waals surface area contributed by atoms with Crippen LogP contribution < -0.4 is 0 Å². The van der Waals surface area contributed by atoms with Gasteiger partial charge < -0.3 is 30.6 Å². The number of rotatable bonds is 3. The van der Waals surface area contributed by atoms with E-state index in [0.717, 1.165) is 24.3 Å². The van der Waals surface area contributed by atoms with E-state index in [-0.39, 0.29) is 22.6 Å². The molecule has 6 nitrogen and oxygen atoms in total. The van der Waals surface area contributed by atoms with Crippen molar-refractivity contribution >= 4 is 0 Å². The van der Waals surface area contributed by atoms with Crippen molar-refractivity contribution in [2.24, 2.45) is 0 Å². The van der Waals surface area contributed by atoms with Gasteiger partial charge in [0.15, 0.2) is 0 Å². The molecule has 0 aromatic heterocycles. The largest absolute Gasteiger partial charge is 0.508 e. The van der Waals surface area contributed by atoms with Crippen molar-refractivity contribution in [3.8, 4) is 34.5 Å². The molecule has 3 aromatic carbocycles. The lowest BCUT2D eigenvalue weighted by Crippen LogP contribution is -2.05. The normalized spacial score (nSPS) is 10.9. The van der Waals surface area contributed by atoms with Crippen LogP contribution in [0.1, 0.15) is 22.6 Å². The van der Waals surface area contributed by atoms with Crippen LogP contribution in [0.4, 0.5) is 0 Å². The Morgan fingerprint density at radius 2 is 0.880 bits per heavy atom. The van der Waals surface area contributed by atoms with E-state index in [4.69, 9.17) is 0 Å². The Kier molecular flexibility index (Phi) is 4.02. The molecule has 0 unspecified atom stereocenters. The molecule has 0 atom stereocenters. The van der Waals surface area contributed by atoms with Crippen molar-refractivity contribution < 1.29 is 30.6 Å². The van der Waals surface area contributed by atoms with Crippen molar-refractivity contribution in [1.29, 1.82) is 0 Å². The SMILES string of the molecule is Oc1cc(O)c(C(c2ccccc2)c2c(O)cc(O)cc2O)c(O)c1. The topological polar surface area (TPSA) is 121 Å². The lowest BCUT2D eigenvalue weighted by molar-refractivity contribution is 0.407. The molecule has 0 bridgehead atoms. The predicted molar refractivity (Wildman–Crippen MR) is 90.3 cm³/mol. The summed E-state index contributed by atoms with van der Waals surface area (Å²) in [5.74, 6) is -3.22. The van der Waals surface area contributed by atoms with Gasteiger partial charge in [-0.05, 0) is 5.56 Å². The van der Waals surface area contributed by atoms with Gasteiger partial charge in [0.25, 0.3) is 0 Å². The molecule has 0 aliphatic carbocycles. The van der Waals surface area contributed by atoms with E-state index >= 15 is 0 Å². The number of aromatic hydroxyl groups is 6.